The van der Waals surface area contributed by atoms with Gasteiger partial charge in [-0.25, -0.2) is 14.4 Å². The van der Waals surface area contributed by atoms with Gasteiger partial charge in [-0.1, -0.05) is 24.8 Å². The van der Waals surface area contributed by atoms with Gasteiger partial charge in [0.25, 0.3) is 5.91 Å². The molecular formula is C25H24FN5O2. The molecule has 1 amide bonds. The van der Waals surface area contributed by atoms with Crippen LogP contribution in [-0.2, 0) is 11.2 Å². The average molecular weight is 445 g/mol. The molecule has 0 atom stereocenters. The van der Waals surface area contributed by atoms with Gasteiger partial charge in [-0.3, -0.25) is 9.78 Å². The van der Waals surface area contributed by atoms with Crippen LogP contribution in [0.5, 0.6) is 0 Å². The summed E-state index contributed by atoms with van der Waals surface area (Å²) in [5.41, 5.74) is 9.71. The Bertz CT molecular complexity index is 1240. The monoisotopic (exact) mass is 445 g/mol. The maximum atomic E-state index is 15.0. The third kappa shape index (κ3) is 4.99. The van der Waals surface area contributed by atoms with E-state index in [4.69, 9.17) is 10.5 Å². The molecule has 2 aromatic heterocycles. The van der Waals surface area contributed by atoms with E-state index in [1.807, 2.05) is 26.0 Å². The fourth-order valence-electron chi connectivity index (χ4n) is 3.57. The number of pyridine rings is 1. The van der Waals surface area contributed by atoms with E-state index in [1.54, 1.807) is 17.2 Å². The van der Waals surface area contributed by atoms with Crippen molar-refractivity contribution in [2.45, 2.75) is 20.3 Å². The summed E-state index contributed by atoms with van der Waals surface area (Å²) in [6, 6.07) is 8.20. The van der Waals surface area contributed by atoms with Crippen LogP contribution in [0.25, 0.3) is 11.3 Å². The Balaban J connectivity index is 1.74. The number of nitrogens with two attached hydrogens (primary N) is 1. The maximum Gasteiger partial charge on any atom is 0.256 e. The van der Waals surface area contributed by atoms with Gasteiger partial charge in [0.15, 0.2) is 0 Å². The van der Waals surface area contributed by atoms with Crippen LogP contribution in [0.15, 0.2) is 36.5 Å². The maximum absolute atomic E-state index is 15.0. The third-order valence-electron chi connectivity index (χ3n) is 5.35. The highest BCUT2D eigenvalue weighted by Gasteiger charge is 2.22. The highest BCUT2D eigenvalue weighted by atomic mass is 19.1. The van der Waals surface area contributed by atoms with Gasteiger partial charge in [-0.15, -0.1) is 0 Å². The number of hydrogen-bond donors (Lipinski definition) is 1. The van der Waals surface area contributed by atoms with Crippen molar-refractivity contribution in [3.8, 4) is 23.1 Å². The minimum Gasteiger partial charge on any atom is -0.378 e. The molecule has 0 saturated carbocycles. The Hall–Kier alpha value is -3.83. The summed E-state index contributed by atoms with van der Waals surface area (Å²) in [4.78, 5) is 27.2. The molecule has 1 aliphatic heterocycles. The topological polar surface area (TPSA) is 94.2 Å². The first-order valence-electron chi connectivity index (χ1n) is 10.7. The first-order valence-corrected chi connectivity index (χ1v) is 10.7. The summed E-state index contributed by atoms with van der Waals surface area (Å²) in [7, 11) is 0. The lowest BCUT2D eigenvalue weighted by atomic mass is 10.0. The Morgan fingerprint density at radius 2 is 1.97 bits per heavy atom. The van der Waals surface area contributed by atoms with E-state index >= 15 is 4.39 Å². The molecule has 0 spiro atoms. The molecule has 1 aliphatic rings. The van der Waals surface area contributed by atoms with E-state index in [0.717, 1.165) is 11.3 Å². The second kappa shape index (κ2) is 9.76. The molecule has 0 radical (unpaired) electrons. The van der Waals surface area contributed by atoms with Crippen LogP contribution >= 0.6 is 0 Å². The molecule has 7 nitrogen and oxygen atoms in total. The van der Waals surface area contributed by atoms with Crippen LogP contribution in [0.4, 0.5) is 10.3 Å². The van der Waals surface area contributed by atoms with E-state index in [9.17, 15) is 4.79 Å². The molecular weight excluding hydrogens is 421 g/mol. The van der Waals surface area contributed by atoms with Gasteiger partial charge in [0.2, 0.25) is 5.95 Å². The van der Waals surface area contributed by atoms with Gasteiger partial charge in [0.1, 0.15) is 5.82 Å². The van der Waals surface area contributed by atoms with Crippen molar-refractivity contribution in [3.05, 3.63) is 70.4 Å². The van der Waals surface area contributed by atoms with Crippen LogP contribution in [0.3, 0.4) is 0 Å². The number of halogens is 1. The molecule has 0 bridgehead atoms. The molecule has 0 aliphatic carbocycles. The van der Waals surface area contributed by atoms with E-state index < -0.39 is 5.82 Å². The van der Waals surface area contributed by atoms with Crippen LogP contribution in [0.1, 0.15) is 39.8 Å². The zero-order valence-electron chi connectivity index (χ0n) is 18.6. The van der Waals surface area contributed by atoms with E-state index in [1.165, 1.54) is 12.1 Å². The number of ether oxygens (including phenoxy) is 1. The molecule has 4 rings (SSSR count). The average Bonchev–Trinajstić information content (AvgIpc) is 2.83. The first kappa shape index (κ1) is 22.4. The number of morpholine rings is 1. The minimum atomic E-state index is -0.624. The Kier molecular flexibility index (Phi) is 6.61. The number of aryl methyl sites for hydroxylation is 2. The summed E-state index contributed by atoms with van der Waals surface area (Å²) in [5, 5.41) is 0. The zero-order valence-corrected chi connectivity index (χ0v) is 18.6. The van der Waals surface area contributed by atoms with Gasteiger partial charge < -0.3 is 15.4 Å². The lowest BCUT2D eigenvalue weighted by molar-refractivity contribution is 0.0300. The molecule has 1 saturated heterocycles. The molecule has 0 unspecified atom stereocenters. The predicted octanol–water partition coefficient (Wildman–Crippen LogP) is 3.00. The molecule has 33 heavy (non-hydrogen) atoms. The Labute approximate surface area is 191 Å². The quantitative estimate of drug-likeness (QED) is 0.623. The fraction of sp³-hybridized carbons (Fsp3) is 0.280. The van der Waals surface area contributed by atoms with Crippen molar-refractivity contribution >= 4 is 11.9 Å². The summed E-state index contributed by atoms with van der Waals surface area (Å²) in [6.45, 7) is 5.62. The third-order valence-corrected chi connectivity index (χ3v) is 5.35. The molecule has 3 heterocycles. The molecule has 3 aromatic rings. The second-order valence-electron chi connectivity index (χ2n) is 7.64. The van der Waals surface area contributed by atoms with Crippen molar-refractivity contribution < 1.29 is 13.9 Å². The Morgan fingerprint density at radius 1 is 1.18 bits per heavy atom. The smallest absolute Gasteiger partial charge is 0.256 e. The van der Waals surface area contributed by atoms with Gasteiger partial charge >= 0.3 is 0 Å². The molecule has 1 aromatic carbocycles. The molecule has 1 fully saturated rings. The van der Waals surface area contributed by atoms with Crippen LogP contribution in [-0.4, -0.2) is 52.1 Å². The number of rotatable bonds is 3. The van der Waals surface area contributed by atoms with Gasteiger partial charge in [-0.2, -0.15) is 0 Å². The zero-order chi connectivity index (χ0) is 23.4. The van der Waals surface area contributed by atoms with Gasteiger partial charge in [-0.05, 0) is 37.6 Å². The van der Waals surface area contributed by atoms with Crippen LogP contribution in [0.2, 0.25) is 0 Å². The number of hydrogen-bond acceptors (Lipinski definition) is 6. The highest BCUT2D eigenvalue weighted by molar-refractivity contribution is 5.95. The lowest BCUT2D eigenvalue weighted by Crippen LogP contribution is -2.41. The molecule has 168 valence electrons. The van der Waals surface area contributed by atoms with E-state index in [2.05, 4.69) is 26.8 Å². The van der Waals surface area contributed by atoms with Gasteiger partial charge in [0.05, 0.1) is 35.7 Å². The number of carbonyl (C=O) groups is 1. The van der Waals surface area contributed by atoms with Crippen LogP contribution < -0.4 is 5.73 Å². The van der Waals surface area contributed by atoms with Crippen molar-refractivity contribution in [2.24, 2.45) is 0 Å². The van der Waals surface area contributed by atoms with Crippen LogP contribution in [0, 0.1) is 24.6 Å². The number of nitrogen functional groups attached to an aromatic ring is 1. The fourth-order valence-corrected chi connectivity index (χ4v) is 3.57. The minimum absolute atomic E-state index is 0.0109. The summed E-state index contributed by atoms with van der Waals surface area (Å²) in [6.07, 6.45) is 2.27. The summed E-state index contributed by atoms with van der Waals surface area (Å²) >= 11 is 0. The van der Waals surface area contributed by atoms with Crippen molar-refractivity contribution in [1.82, 2.24) is 19.9 Å². The normalized spacial score (nSPS) is 13.4. The van der Waals surface area contributed by atoms with E-state index in [-0.39, 0.29) is 17.4 Å². The number of benzene rings is 1. The molecule has 2 N–H and O–H groups in total. The number of carbonyl (C=O) groups excluding carboxylic acids is 1. The first-order chi connectivity index (χ1) is 16.0. The largest absolute Gasteiger partial charge is 0.378 e. The molecule has 8 heteroatoms. The predicted molar refractivity (Wildman–Crippen MR) is 123 cm³/mol. The van der Waals surface area contributed by atoms with Crippen molar-refractivity contribution in [3.63, 3.8) is 0 Å². The number of nitrogens with zero attached hydrogens (tertiary/aromatic N) is 4. The number of anilines is 1. The van der Waals surface area contributed by atoms with Crippen molar-refractivity contribution in [2.75, 3.05) is 32.0 Å². The standard InChI is InChI=1S/C25H24FN5O2/c1-3-22-20(8-6-17-5-4-16(2)28-15-17)23(30-25(27)29-22)18-7-9-19(21(26)14-18)24(32)31-10-12-33-13-11-31/h4-5,7,9,14-15H,3,10-13H2,1-2H3,(H2,27,29,30). The van der Waals surface area contributed by atoms with Crippen molar-refractivity contribution in [1.29, 1.82) is 0 Å². The van der Waals surface area contributed by atoms with Gasteiger partial charge in [0, 0.05) is 36.1 Å². The lowest BCUT2D eigenvalue weighted by Gasteiger charge is -2.27. The Morgan fingerprint density at radius 3 is 2.64 bits per heavy atom. The highest BCUT2D eigenvalue weighted by Crippen LogP contribution is 2.27. The number of aromatic nitrogens is 3. The summed E-state index contributed by atoms with van der Waals surface area (Å²) < 4.78 is 20.3. The SMILES string of the molecule is CCc1nc(N)nc(-c2ccc(C(=O)N3CCOCC3)c(F)c2)c1C#Cc1ccc(C)nc1. The number of amides is 1. The second-order valence-corrected chi connectivity index (χ2v) is 7.64. The van der Waals surface area contributed by atoms with E-state index in [0.29, 0.717) is 55.2 Å². The summed E-state index contributed by atoms with van der Waals surface area (Å²) in [5.74, 6) is 5.30.